The number of urea groups is 1. The smallest absolute Gasteiger partial charge is 0.321 e. The molecule has 0 saturated carbocycles. The fraction of sp³-hybridized carbons (Fsp3) is 0.536. The zero-order chi connectivity index (χ0) is 25.9. The normalized spacial score (nSPS) is 22.5. The van der Waals surface area contributed by atoms with Crippen LogP contribution in [0.15, 0.2) is 30.3 Å². The van der Waals surface area contributed by atoms with Gasteiger partial charge in [0, 0.05) is 38.3 Å². The number of carbonyl (C=O) groups is 2. The number of nitrogens with one attached hydrogen (secondary N) is 1. The number of β-amino-alcohol motifs (C(OH)–C–C–N with tert-alkyl or cyclic N) is 1. The zero-order valence-electron chi connectivity index (χ0n) is 21.8. The highest BCUT2D eigenvalue weighted by atomic mass is 16.5. The minimum atomic E-state index is -0.562. The van der Waals surface area contributed by atoms with E-state index in [9.17, 15) is 14.7 Å². The zero-order valence-corrected chi connectivity index (χ0v) is 21.8. The van der Waals surface area contributed by atoms with Gasteiger partial charge in [0.25, 0.3) is 0 Å². The summed E-state index contributed by atoms with van der Waals surface area (Å²) in [5, 5.41) is 13.3. The van der Waals surface area contributed by atoms with E-state index in [2.05, 4.69) is 17.1 Å². The lowest BCUT2D eigenvalue weighted by Gasteiger charge is -2.32. The van der Waals surface area contributed by atoms with Gasteiger partial charge in [-0.2, -0.15) is 0 Å². The Hall–Kier alpha value is -3.17. The van der Waals surface area contributed by atoms with Gasteiger partial charge in [-0.15, -0.1) is 0 Å². The van der Waals surface area contributed by atoms with Crippen LogP contribution in [0.2, 0.25) is 0 Å². The van der Waals surface area contributed by atoms with Crippen LogP contribution >= 0.6 is 0 Å². The Kier molecular flexibility index (Phi) is 7.62. The predicted molar refractivity (Wildman–Crippen MR) is 144 cm³/mol. The Morgan fingerprint density at radius 3 is 2.65 bits per heavy atom. The molecule has 4 heterocycles. The number of rotatable bonds is 5. The number of hydrogen-bond acceptors (Lipinski definition) is 6. The first-order valence-corrected chi connectivity index (χ1v) is 13.4. The van der Waals surface area contributed by atoms with Crippen molar-refractivity contribution < 1.29 is 19.4 Å². The molecule has 9 heteroatoms. The molecule has 0 spiro atoms. The number of anilines is 3. The van der Waals surface area contributed by atoms with Crippen LogP contribution in [0.3, 0.4) is 0 Å². The number of amides is 3. The van der Waals surface area contributed by atoms with Crippen molar-refractivity contribution in [1.29, 1.82) is 0 Å². The summed E-state index contributed by atoms with van der Waals surface area (Å²) in [4.78, 5) is 36.2. The predicted octanol–water partition coefficient (Wildman–Crippen LogP) is 3.65. The van der Waals surface area contributed by atoms with Crippen LogP contribution in [0, 0.1) is 12.8 Å². The molecule has 1 aromatic carbocycles. The van der Waals surface area contributed by atoms with Crippen LogP contribution in [-0.2, 0) is 9.53 Å². The Balaban J connectivity index is 1.47. The van der Waals surface area contributed by atoms with Crippen molar-refractivity contribution in [1.82, 2.24) is 9.88 Å². The summed E-state index contributed by atoms with van der Waals surface area (Å²) < 4.78 is 5.53. The summed E-state index contributed by atoms with van der Waals surface area (Å²) in [5.41, 5.74) is 3.68. The lowest BCUT2D eigenvalue weighted by molar-refractivity contribution is -0.121. The van der Waals surface area contributed by atoms with Gasteiger partial charge < -0.3 is 25.0 Å². The molecule has 9 nitrogen and oxygen atoms in total. The summed E-state index contributed by atoms with van der Waals surface area (Å²) in [5.74, 6) is 1.86. The number of morpholine rings is 1. The molecule has 2 atom stereocenters. The summed E-state index contributed by atoms with van der Waals surface area (Å²) >= 11 is 0. The number of benzene rings is 1. The van der Waals surface area contributed by atoms with Crippen LogP contribution in [0.4, 0.5) is 22.1 Å². The second-order valence-electron chi connectivity index (χ2n) is 10.3. The number of aryl methyl sites for hydroxylation is 1. The quantitative estimate of drug-likeness (QED) is 0.641. The molecule has 0 radical (unpaired) electrons. The van der Waals surface area contributed by atoms with Gasteiger partial charge in [0.1, 0.15) is 11.6 Å². The van der Waals surface area contributed by atoms with E-state index in [4.69, 9.17) is 9.72 Å². The fourth-order valence-electron chi connectivity index (χ4n) is 5.36. The minimum Gasteiger partial charge on any atom is -0.391 e. The van der Waals surface area contributed by atoms with E-state index < -0.39 is 6.10 Å². The van der Waals surface area contributed by atoms with Crippen LogP contribution in [-0.4, -0.2) is 79.0 Å². The maximum Gasteiger partial charge on any atom is 0.321 e. The van der Waals surface area contributed by atoms with Gasteiger partial charge in [-0.05, 0) is 66.6 Å². The number of aliphatic hydroxyl groups excluding tert-OH is 1. The summed E-state index contributed by atoms with van der Waals surface area (Å²) in [6, 6.07) is 9.83. The lowest BCUT2D eigenvalue weighted by atomic mass is 9.99. The van der Waals surface area contributed by atoms with Gasteiger partial charge in [-0.25, -0.2) is 9.78 Å². The van der Waals surface area contributed by atoms with Crippen molar-refractivity contribution >= 4 is 29.3 Å². The molecule has 3 saturated heterocycles. The summed E-state index contributed by atoms with van der Waals surface area (Å²) in [6.07, 6.45) is 2.35. The average Bonchev–Trinajstić information content (AvgIpc) is 3.41. The molecule has 2 aromatic rings. The van der Waals surface area contributed by atoms with E-state index in [0.29, 0.717) is 37.8 Å². The van der Waals surface area contributed by atoms with E-state index >= 15 is 0 Å². The van der Waals surface area contributed by atoms with Gasteiger partial charge in [0.2, 0.25) is 5.91 Å². The Labute approximate surface area is 218 Å². The van der Waals surface area contributed by atoms with E-state index in [1.807, 2.05) is 42.2 Å². The van der Waals surface area contributed by atoms with Crippen LogP contribution in [0.1, 0.15) is 38.2 Å². The molecule has 37 heavy (non-hydrogen) atoms. The van der Waals surface area contributed by atoms with Gasteiger partial charge >= 0.3 is 6.03 Å². The molecular formula is C28H37N5O4. The first kappa shape index (κ1) is 25.5. The number of pyridine rings is 1. The van der Waals surface area contributed by atoms with Crippen molar-refractivity contribution in [2.24, 2.45) is 5.92 Å². The molecule has 3 amide bonds. The lowest BCUT2D eigenvalue weighted by Crippen LogP contribution is -2.43. The number of likely N-dealkylation sites (tertiary alicyclic amines) is 1. The number of piperidine rings is 1. The summed E-state index contributed by atoms with van der Waals surface area (Å²) in [7, 11) is 0. The number of aliphatic hydroxyl groups is 1. The van der Waals surface area contributed by atoms with Crippen LogP contribution in [0.25, 0.3) is 11.1 Å². The molecule has 198 valence electrons. The maximum absolute atomic E-state index is 12.9. The second-order valence-corrected chi connectivity index (χ2v) is 10.3. The maximum atomic E-state index is 12.9. The molecule has 5 rings (SSSR count). The van der Waals surface area contributed by atoms with Gasteiger partial charge in [-0.3, -0.25) is 9.69 Å². The highest BCUT2D eigenvalue weighted by molar-refractivity contribution is 5.95. The SMILES string of the molecule is CC[C@@H]1CCN(C(=O)Nc2ccc(C)c(-c3cc(N4CCOCC4)nc(N4CC(O)CCC4=O)c3)c2)C1. The van der Waals surface area contributed by atoms with Crippen molar-refractivity contribution in [3.63, 3.8) is 0 Å². The summed E-state index contributed by atoms with van der Waals surface area (Å²) in [6.45, 7) is 8.72. The third kappa shape index (κ3) is 5.72. The Bertz CT molecular complexity index is 1150. The first-order valence-electron chi connectivity index (χ1n) is 13.4. The third-order valence-electron chi connectivity index (χ3n) is 7.75. The van der Waals surface area contributed by atoms with E-state index in [1.54, 1.807) is 4.90 Å². The second kappa shape index (κ2) is 11.1. The molecule has 1 aromatic heterocycles. The van der Waals surface area contributed by atoms with Crippen LogP contribution < -0.4 is 15.1 Å². The van der Waals surface area contributed by atoms with Gasteiger partial charge in [0.15, 0.2) is 0 Å². The molecule has 0 bridgehead atoms. The Morgan fingerprint density at radius 2 is 1.89 bits per heavy atom. The number of aromatic nitrogens is 1. The van der Waals surface area contributed by atoms with E-state index in [-0.39, 0.29) is 18.5 Å². The van der Waals surface area contributed by atoms with Crippen molar-refractivity contribution in [2.75, 3.05) is 61.1 Å². The number of nitrogens with zero attached hydrogens (tertiary/aromatic N) is 4. The van der Waals surface area contributed by atoms with Gasteiger partial charge in [-0.1, -0.05) is 19.4 Å². The molecule has 0 aliphatic carbocycles. The molecular weight excluding hydrogens is 470 g/mol. The monoisotopic (exact) mass is 507 g/mol. The largest absolute Gasteiger partial charge is 0.391 e. The highest BCUT2D eigenvalue weighted by Gasteiger charge is 2.28. The average molecular weight is 508 g/mol. The van der Waals surface area contributed by atoms with Crippen molar-refractivity contribution in [3.05, 3.63) is 35.9 Å². The highest BCUT2D eigenvalue weighted by Crippen LogP contribution is 2.33. The van der Waals surface area contributed by atoms with Crippen LogP contribution in [0.5, 0.6) is 0 Å². The number of hydrogen-bond donors (Lipinski definition) is 2. The molecule has 1 unspecified atom stereocenters. The standard InChI is InChI=1S/C28H37N5O4/c1-3-20-8-9-32(17-20)28(36)29-22-5-4-19(2)24(16-22)21-14-25(31-10-12-37-13-11-31)30-26(15-21)33-18-23(34)6-7-27(33)35/h4-5,14-16,20,23,34H,3,6-13,17-18H2,1-2H3,(H,29,36)/t20-,23?/m1/s1. The van der Waals surface area contributed by atoms with E-state index in [1.165, 1.54) is 0 Å². The fourth-order valence-corrected chi connectivity index (χ4v) is 5.36. The third-order valence-corrected chi connectivity index (χ3v) is 7.75. The van der Waals surface area contributed by atoms with E-state index in [0.717, 1.165) is 67.2 Å². The molecule has 3 aliphatic heterocycles. The minimum absolute atomic E-state index is 0.0309. The number of carbonyl (C=O) groups excluding carboxylic acids is 2. The topological polar surface area (TPSA) is 98.2 Å². The first-order chi connectivity index (χ1) is 17.9. The molecule has 3 fully saturated rings. The Morgan fingerprint density at radius 1 is 1.11 bits per heavy atom. The molecule has 3 aliphatic rings. The van der Waals surface area contributed by atoms with Crippen molar-refractivity contribution in [3.8, 4) is 11.1 Å². The molecule has 2 N–H and O–H groups in total. The number of ether oxygens (including phenoxy) is 1. The van der Waals surface area contributed by atoms with Crippen molar-refractivity contribution in [2.45, 2.75) is 45.6 Å². The van der Waals surface area contributed by atoms with Gasteiger partial charge in [0.05, 0.1) is 25.9 Å².